The van der Waals surface area contributed by atoms with E-state index in [1.807, 2.05) is 30.3 Å². The molecule has 0 radical (unpaired) electrons. The van der Waals surface area contributed by atoms with Crippen LogP contribution in [0.4, 0.5) is 0 Å². The summed E-state index contributed by atoms with van der Waals surface area (Å²) in [5.74, 6) is 1.12. The molecule has 0 bridgehead atoms. The summed E-state index contributed by atoms with van der Waals surface area (Å²) in [4.78, 5) is 26.2. The Kier molecular flexibility index (Phi) is 7.35. The maximum atomic E-state index is 11.7. The highest BCUT2D eigenvalue weighted by molar-refractivity contribution is 7.99. The van der Waals surface area contributed by atoms with E-state index in [0.29, 0.717) is 37.5 Å². The predicted molar refractivity (Wildman–Crippen MR) is 92.8 cm³/mol. The Morgan fingerprint density at radius 3 is 2.79 bits per heavy atom. The van der Waals surface area contributed by atoms with Crippen molar-refractivity contribution < 1.29 is 19.1 Å². The van der Waals surface area contributed by atoms with Gasteiger partial charge >= 0.3 is 5.97 Å². The Morgan fingerprint density at radius 2 is 2.04 bits per heavy atom. The largest absolute Gasteiger partial charge is 0.481 e. The molecule has 2 N–H and O–H groups in total. The van der Waals surface area contributed by atoms with Gasteiger partial charge in [0.05, 0.1) is 11.9 Å². The Bertz CT molecular complexity index is 658. The minimum atomic E-state index is -0.841. The molecule has 7 heteroatoms. The molecule has 0 fully saturated rings. The zero-order valence-electron chi connectivity index (χ0n) is 13.2. The zero-order valence-corrected chi connectivity index (χ0v) is 14.1. The third-order valence-electron chi connectivity index (χ3n) is 3.20. The van der Waals surface area contributed by atoms with Gasteiger partial charge in [0.2, 0.25) is 5.91 Å². The lowest BCUT2D eigenvalue weighted by Gasteiger charge is -2.03. The highest BCUT2D eigenvalue weighted by atomic mass is 32.2. The SMILES string of the molecule is O=C(O)CSCCNC(=O)CCCc1ncc(-c2ccccc2)o1. The Labute approximate surface area is 144 Å². The molecule has 0 saturated carbocycles. The van der Waals surface area contributed by atoms with Crippen molar-refractivity contribution >= 4 is 23.6 Å². The van der Waals surface area contributed by atoms with Gasteiger partial charge in [-0.3, -0.25) is 9.59 Å². The van der Waals surface area contributed by atoms with Gasteiger partial charge in [0.1, 0.15) is 0 Å². The highest BCUT2D eigenvalue weighted by Crippen LogP contribution is 2.20. The van der Waals surface area contributed by atoms with Crippen LogP contribution >= 0.6 is 11.8 Å². The van der Waals surface area contributed by atoms with E-state index in [4.69, 9.17) is 9.52 Å². The lowest BCUT2D eigenvalue weighted by molar-refractivity contribution is -0.133. The monoisotopic (exact) mass is 348 g/mol. The number of nitrogens with one attached hydrogen (secondary N) is 1. The van der Waals surface area contributed by atoms with E-state index in [0.717, 1.165) is 11.3 Å². The van der Waals surface area contributed by atoms with Gasteiger partial charge in [-0.05, 0) is 6.42 Å². The summed E-state index contributed by atoms with van der Waals surface area (Å²) in [6.45, 7) is 0.480. The second kappa shape index (κ2) is 9.77. The number of hydrogen-bond acceptors (Lipinski definition) is 5. The van der Waals surface area contributed by atoms with Crippen molar-refractivity contribution in [2.45, 2.75) is 19.3 Å². The van der Waals surface area contributed by atoms with Crippen molar-refractivity contribution in [1.82, 2.24) is 10.3 Å². The number of carbonyl (C=O) groups is 2. The van der Waals surface area contributed by atoms with Crippen LogP contribution in [0.3, 0.4) is 0 Å². The van der Waals surface area contributed by atoms with Crippen molar-refractivity contribution in [1.29, 1.82) is 0 Å². The molecule has 1 aromatic carbocycles. The zero-order chi connectivity index (χ0) is 17.2. The van der Waals surface area contributed by atoms with Crippen LogP contribution in [0.5, 0.6) is 0 Å². The average molecular weight is 348 g/mol. The van der Waals surface area contributed by atoms with Crippen molar-refractivity contribution in [2.75, 3.05) is 18.1 Å². The van der Waals surface area contributed by atoms with Crippen LogP contribution in [0, 0.1) is 0 Å². The molecule has 0 aliphatic heterocycles. The number of aromatic nitrogens is 1. The average Bonchev–Trinajstić information content (AvgIpc) is 3.04. The van der Waals surface area contributed by atoms with Gasteiger partial charge in [0.15, 0.2) is 11.7 Å². The van der Waals surface area contributed by atoms with Gasteiger partial charge in [-0.2, -0.15) is 0 Å². The number of thioether (sulfide) groups is 1. The summed E-state index contributed by atoms with van der Waals surface area (Å²) >= 11 is 1.29. The van der Waals surface area contributed by atoms with Gasteiger partial charge < -0.3 is 14.8 Å². The third-order valence-corrected chi connectivity index (χ3v) is 4.14. The van der Waals surface area contributed by atoms with Crippen molar-refractivity contribution in [2.24, 2.45) is 0 Å². The van der Waals surface area contributed by atoms with Crippen LogP contribution in [0.15, 0.2) is 40.9 Å². The highest BCUT2D eigenvalue weighted by Gasteiger charge is 2.07. The van der Waals surface area contributed by atoms with Gasteiger partial charge in [-0.1, -0.05) is 30.3 Å². The topological polar surface area (TPSA) is 92.4 Å². The number of carboxylic acid groups (broad SMARTS) is 1. The molecular weight excluding hydrogens is 328 g/mol. The number of carbonyl (C=O) groups excluding carboxylic acids is 1. The summed E-state index contributed by atoms with van der Waals surface area (Å²) in [7, 11) is 0. The Morgan fingerprint density at radius 1 is 1.25 bits per heavy atom. The molecule has 0 saturated heterocycles. The first kappa shape index (κ1) is 18.1. The smallest absolute Gasteiger partial charge is 0.313 e. The minimum Gasteiger partial charge on any atom is -0.481 e. The fraction of sp³-hybridized carbons (Fsp3) is 0.353. The molecular formula is C17H20N2O4S. The molecule has 1 heterocycles. The summed E-state index contributed by atoms with van der Waals surface area (Å²) < 4.78 is 5.69. The van der Waals surface area contributed by atoms with Crippen LogP contribution < -0.4 is 5.32 Å². The Hall–Kier alpha value is -2.28. The van der Waals surface area contributed by atoms with Crippen LogP contribution in [0.2, 0.25) is 0 Å². The molecule has 0 unspecified atom stereocenters. The van der Waals surface area contributed by atoms with Crippen LogP contribution in [0.1, 0.15) is 18.7 Å². The maximum absolute atomic E-state index is 11.7. The normalized spacial score (nSPS) is 10.5. The number of amides is 1. The van der Waals surface area contributed by atoms with E-state index in [1.54, 1.807) is 6.20 Å². The second-order valence-corrected chi connectivity index (χ2v) is 6.24. The number of benzene rings is 1. The van der Waals surface area contributed by atoms with E-state index >= 15 is 0 Å². The van der Waals surface area contributed by atoms with Crippen molar-refractivity contribution in [3.8, 4) is 11.3 Å². The number of carboxylic acids is 1. The van der Waals surface area contributed by atoms with Crippen molar-refractivity contribution in [3.05, 3.63) is 42.4 Å². The quantitative estimate of drug-likeness (QED) is 0.641. The summed E-state index contributed by atoms with van der Waals surface area (Å²) in [5.41, 5.74) is 0.979. The van der Waals surface area contributed by atoms with Crippen LogP contribution in [-0.4, -0.2) is 40.0 Å². The first-order chi connectivity index (χ1) is 11.6. The Balaban J connectivity index is 1.63. The van der Waals surface area contributed by atoms with Crippen LogP contribution in [-0.2, 0) is 16.0 Å². The number of nitrogens with zero attached hydrogens (tertiary/aromatic N) is 1. The second-order valence-electron chi connectivity index (χ2n) is 5.13. The van der Waals surface area contributed by atoms with Gasteiger partial charge in [-0.15, -0.1) is 11.8 Å². The van der Waals surface area contributed by atoms with Gasteiger partial charge in [0, 0.05) is 30.7 Å². The molecule has 0 spiro atoms. The van der Waals surface area contributed by atoms with Gasteiger partial charge in [-0.25, -0.2) is 4.98 Å². The number of oxazole rings is 1. The number of rotatable bonds is 10. The molecule has 128 valence electrons. The standard InChI is InChI=1S/C17H20N2O4S/c20-15(18-9-10-24-12-17(21)22)7-4-8-16-19-11-14(23-16)13-5-2-1-3-6-13/h1-3,5-6,11H,4,7-10,12H2,(H,18,20)(H,21,22). The van der Waals surface area contributed by atoms with Gasteiger partial charge in [0.25, 0.3) is 0 Å². The number of hydrogen-bond donors (Lipinski definition) is 2. The molecule has 2 aromatic rings. The summed E-state index contributed by atoms with van der Waals surface area (Å²) in [6, 6.07) is 9.74. The molecule has 1 amide bonds. The first-order valence-corrected chi connectivity index (χ1v) is 8.87. The lowest BCUT2D eigenvalue weighted by atomic mass is 10.2. The molecule has 2 rings (SSSR count). The fourth-order valence-corrected chi connectivity index (χ4v) is 2.64. The number of aryl methyl sites for hydroxylation is 1. The first-order valence-electron chi connectivity index (χ1n) is 7.71. The van der Waals surface area contributed by atoms with E-state index in [2.05, 4.69) is 10.3 Å². The minimum absolute atomic E-state index is 0.0410. The summed E-state index contributed by atoms with van der Waals surface area (Å²) in [5, 5.41) is 11.3. The molecule has 0 atom stereocenters. The van der Waals surface area contributed by atoms with Crippen LogP contribution in [0.25, 0.3) is 11.3 Å². The third kappa shape index (κ3) is 6.45. The van der Waals surface area contributed by atoms with E-state index < -0.39 is 5.97 Å². The molecule has 24 heavy (non-hydrogen) atoms. The lowest BCUT2D eigenvalue weighted by Crippen LogP contribution is -2.25. The van der Waals surface area contributed by atoms with E-state index in [9.17, 15) is 9.59 Å². The van der Waals surface area contributed by atoms with E-state index in [-0.39, 0.29) is 11.7 Å². The molecule has 1 aromatic heterocycles. The molecule has 0 aliphatic carbocycles. The van der Waals surface area contributed by atoms with Crippen molar-refractivity contribution in [3.63, 3.8) is 0 Å². The maximum Gasteiger partial charge on any atom is 0.313 e. The fourth-order valence-electron chi connectivity index (χ4n) is 2.07. The molecule has 0 aliphatic rings. The molecule has 6 nitrogen and oxygen atoms in total. The summed E-state index contributed by atoms with van der Waals surface area (Å²) in [6.07, 6.45) is 3.36. The number of aliphatic carboxylic acids is 1. The van der Waals surface area contributed by atoms with E-state index in [1.165, 1.54) is 11.8 Å². The predicted octanol–water partition coefficient (Wildman–Crippen LogP) is 2.60.